The Bertz CT molecular complexity index is 395. The molecule has 2 heterocycles. The van der Waals surface area contributed by atoms with E-state index < -0.39 is 10.0 Å². The standard InChI is InChI=1S/C7H12N4O2S/c1-11(6-4-8-5-6)14(12,13)7-9-2-3-10-7/h2-3,6,8H,4-5H2,1H3,(H,9,10). The number of H-pyrrole nitrogens is 1. The molecule has 0 aliphatic carbocycles. The molecule has 1 aromatic heterocycles. The van der Waals surface area contributed by atoms with Gasteiger partial charge in [0.15, 0.2) is 0 Å². The second kappa shape index (κ2) is 3.34. The summed E-state index contributed by atoms with van der Waals surface area (Å²) in [5, 5.41) is 3.03. The lowest BCUT2D eigenvalue weighted by Crippen LogP contribution is -2.57. The third-order valence-electron chi connectivity index (χ3n) is 2.37. The molecular weight excluding hydrogens is 204 g/mol. The van der Waals surface area contributed by atoms with Gasteiger partial charge in [0.1, 0.15) is 0 Å². The fraction of sp³-hybridized carbons (Fsp3) is 0.571. The van der Waals surface area contributed by atoms with E-state index in [2.05, 4.69) is 15.3 Å². The van der Waals surface area contributed by atoms with E-state index in [-0.39, 0.29) is 11.2 Å². The number of aromatic nitrogens is 2. The van der Waals surface area contributed by atoms with Gasteiger partial charge in [0.25, 0.3) is 10.0 Å². The highest BCUT2D eigenvalue weighted by Gasteiger charge is 2.32. The van der Waals surface area contributed by atoms with Crippen LogP contribution in [0.25, 0.3) is 0 Å². The first-order valence-corrected chi connectivity index (χ1v) is 5.74. The molecule has 1 aromatic rings. The van der Waals surface area contributed by atoms with Gasteiger partial charge < -0.3 is 10.3 Å². The molecule has 0 unspecified atom stereocenters. The van der Waals surface area contributed by atoms with Crippen LogP contribution in [0.1, 0.15) is 0 Å². The second-order valence-electron chi connectivity index (χ2n) is 3.23. The number of imidazole rings is 1. The summed E-state index contributed by atoms with van der Waals surface area (Å²) in [5.41, 5.74) is 0. The average molecular weight is 216 g/mol. The van der Waals surface area contributed by atoms with Gasteiger partial charge in [-0.15, -0.1) is 0 Å². The maximum Gasteiger partial charge on any atom is 0.276 e. The number of nitrogens with zero attached hydrogens (tertiary/aromatic N) is 2. The van der Waals surface area contributed by atoms with Crippen LogP contribution in [0.2, 0.25) is 0 Å². The van der Waals surface area contributed by atoms with E-state index >= 15 is 0 Å². The molecule has 1 aliphatic rings. The van der Waals surface area contributed by atoms with Gasteiger partial charge in [0.05, 0.1) is 0 Å². The lowest BCUT2D eigenvalue weighted by atomic mass is 10.2. The molecule has 2 rings (SSSR count). The topological polar surface area (TPSA) is 78.1 Å². The van der Waals surface area contributed by atoms with Gasteiger partial charge in [-0.2, -0.15) is 4.31 Å². The zero-order valence-electron chi connectivity index (χ0n) is 7.77. The number of rotatable bonds is 3. The zero-order valence-corrected chi connectivity index (χ0v) is 8.58. The highest BCUT2D eigenvalue weighted by molar-refractivity contribution is 7.88. The monoisotopic (exact) mass is 216 g/mol. The van der Waals surface area contributed by atoms with Crippen molar-refractivity contribution in [2.75, 3.05) is 20.1 Å². The molecule has 0 spiro atoms. The van der Waals surface area contributed by atoms with Crippen LogP contribution in [0.4, 0.5) is 0 Å². The molecule has 0 atom stereocenters. The van der Waals surface area contributed by atoms with Crippen molar-refractivity contribution >= 4 is 10.0 Å². The van der Waals surface area contributed by atoms with Crippen molar-refractivity contribution in [1.82, 2.24) is 19.6 Å². The molecular formula is C7H12N4O2S. The molecule has 2 N–H and O–H groups in total. The van der Waals surface area contributed by atoms with Gasteiger partial charge in [-0.3, -0.25) is 0 Å². The summed E-state index contributed by atoms with van der Waals surface area (Å²) in [7, 11) is -1.86. The zero-order chi connectivity index (χ0) is 10.2. The van der Waals surface area contributed by atoms with Crippen LogP contribution < -0.4 is 5.32 Å². The number of hydrogen-bond acceptors (Lipinski definition) is 4. The Morgan fingerprint density at radius 2 is 2.29 bits per heavy atom. The first-order valence-electron chi connectivity index (χ1n) is 4.30. The summed E-state index contributed by atoms with van der Waals surface area (Å²) in [4.78, 5) is 6.34. The molecule has 0 amide bonds. The lowest BCUT2D eigenvalue weighted by Gasteiger charge is -2.33. The number of likely N-dealkylation sites (N-methyl/N-ethyl adjacent to an activating group) is 1. The van der Waals surface area contributed by atoms with E-state index in [1.54, 1.807) is 7.05 Å². The second-order valence-corrected chi connectivity index (χ2v) is 5.14. The van der Waals surface area contributed by atoms with Gasteiger partial charge in [-0.1, -0.05) is 0 Å². The number of hydrogen-bond donors (Lipinski definition) is 2. The van der Waals surface area contributed by atoms with Crippen LogP contribution in [0.15, 0.2) is 17.6 Å². The predicted molar refractivity (Wildman–Crippen MR) is 50.2 cm³/mol. The third kappa shape index (κ3) is 1.43. The molecule has 78 valence electrons. The van der Waals surface area contributed by atoms with Crippen LogP contribution in [0.3, 0.4) is 0 Å². The minimum absolute atomic E-state index is 0.00639. The smallest absolute Gasteiger partial charge is 0.276 e. The molecule has 0 aromatic carbocycles. The van der Waals surface area contributed by atoms with Crippen molar-refractivity contribution in [2.45, 2.75) is 11.2 Å². The molecule has 7 heteroatoms. The van der Waals surface area contributed by atoms with Crippen molar-refractivity contribution in [1.29, 1.82) is 0 Å². The molecule has 0 saturated carbocycles. The Balaban J connectivity index is 2.23. The van der Waals surface area contributed by atoms with Gasteiger partial charge in [-0.05, 0) is 0 Å². The van der Waals surface area contributed by atoms with Gasteiger partial charge in [0.2, 0.25) is 5.16 Å². The van der Waals surface area contributed by atoms with Crippen molar-refractivity contribution in [3.63, 3.8) is 0 Å². The number of sulfonamides is 1. The minimum atomic E-state index is -3.43. The number of aromatic amines is 1. The van der Waals surface area contributed by atoms with Crippen molar-refractivity contribution in [3.05, 3.63) is 12.4 Å². The predicted octanol–water partition coefficient (Wildman–Crippen LogP) is -0.998. The molecule has 0 radical (unpaired) electrons. The quantitative estimate of drug-likeness (QED) is 0.679. The fourth-order valence-electron chi connectivity index (χ4n) is 1.26. The highest BCUT2D eigenvalue weighted by Crippen LogP contribution is 2.13. The number of nitrogens with one attached hydrogen (secondary N) is 2. The van der Waals surface area contributed by atoms with Gasteiger partial charge >= 0.3 is 0 Å². The lowest BCUT2D eigenvalue weighted by molar-refractivity contribution is 0.273. The highest BCUT2D eigenvalue weighted by atomic mass is 32.2. The molecule has 6 nitrogen and oxygen atoms in total. The van der Waals surface area contributed by atoms with Crippen molar-refractivity contribution in [2.24, 2.45) is 0 Å². The molecule has 1 fully saturated rings. The first kappa shape index (κ1) is 9.63. The largest absolute Gasteiger partial charge is 0.334 e. The van der Waals surface area contributed by atoms with Crippen molar-refractivity contribution < 1.29 is 8.42 Å². The van der Waals surface area contributed by atoms with Crippen LogP contribution in [0.5, 0.6) is 0 Å². The minimum Gasteiger partial charge on any atom is -0.334 e. The normalized spacial score (nSPS) is 18.4. The Morgan fingerprint density at radius 1 is 1.57 bits per heavy atom. The Labute approximate surface area is 82.4 Å². The van der Waals surface area contributed by atoms with Crippen LogP contribution in [-0.4, -0.2) is 48.9 Å². The van der Waals surface area contributed by atoms with E-state index in [0.717, 1.165) is 0 Å². The maximum absolute atomic E-state index is 11.8. The average Bonchev–Trinajstić information content (AvgIpc) is 2.52. The van der Waals surface area contributed by atoms with E-state index in [1.807, 2.05) is 0 Å². The summed E-state index contributed by atoms with van der Waals surface area (Å²) < 4.78 is 25.0. The van der Waals surface area contributed by atoms with Gasteiger partial charge in [0, 0.05) is 38.6 Å². The maximum atomic E-state index is 11.8. The van der Waals surface area contributed by atoms with Crippen LogP contribution in [0, 0.1) is 0 Å². The summed E-state index contributed by atoms with van der Waals surface area (Å²) in [6.07, 6.45) is 2.93. The fourth-order valence-corrected chi connectivity index (χ4v) is 2.48. The SMILES string of the molecule is CN(C1CNC1)S(=O)(=O)c1ncc[nH]1. The molecule has 0 bridgehead atoms. The Morgan fingerprint density at radius 3 is 2.71 bits per heavy atom. The summed E-state index contributed by atoms with van der Waals surface area (Å²) in [5.74, 6) is 0. The summed E-state index contributed by atoms with van der Waals surface area (Å²) >= 11 is 0. The van der Waals surface area contributed by atoms with E-state index in [0.29, 0.717) is 13.1 Å². The molecule has 1 aliphatic heterocycles. The summed E-state index contributed by atoms with van der Waals surface area (Å²) in [6, 6.07) is 0.0464. The van der Waals surface area contributed by atoms with E-state index in [4.69, 9.17) is 0 Å². The van der Waals surface area contributed by atoms with E-state index in [1.165, 1.54) is 16.7 Å². The van der Waals surface area contributed by atoms with Crippen LogP contribution >= 0.6 is 0 Å². The van der Waals surface area contributed by atoms with Crippen molar-refractivity contribution in [3.8, 4) is 0 Å². The molecule has 14 heavy (non-hydrogen) atoms. The third-order valence-corrected chi connectivity index (χ3v) is 4.14. The van der Waals surface area contributed by atoms with Gasteiger partial charge in [-0.25, -0.2) is 13.4 Å². The Hall–Kier alpha value is -0.920. The first-order chi connectivity index (χ1) is 6.62. The Kier molecular flexibility index (Phi) is 2.30. The molecule has 1 saturated heterocycles. The van der Waals surface area contributed by atoms with Crippen LogP contribution in [-0.2, 0) is 10.0 Å². The summed E-state index contributed by atoms with van der Waals surface area (Å²) in [6.45, 7) is 1.41. The van der Waals surface area contributed by atoms with E-state index in [9.17, 15) is 8.42 Å².